The number of hydrogen-bond donors (Lipinski definition) is 1. The van der Waals surface area contributed by atoms with Crippen molar-refractivity contribution in [3.05, 3.63) is 33.8 Å². The van der Waals surface area contributed by atoms with Gasteiger partial charge < -0.3 is 14.7 Å². The Kier molecular flexibility index (Phi) is 7.26. The van der Waals surface area contributed by atoms with Gasteiger partial charge in [0.1, 0.15) is 12.1 Å². The lowest BCUT2D eigenvalue weighted by atomic mass is 9.98. The number of halogens is 2. The summed E-state index contributed by atoms with van der Waals surface area (Å²) in [6, 6.07) is 3.91. The highest BCUT2D eigenvalue weighted by Gasteiger charge is 2.47. The third-order valence-corrected chi connectivity index (χ3v) is 5.91. The Bertz CT molecular complexity index is 812. The second-order valence-electron chi connectivity index (χ2n) is 8.30. The molecule has 164 valence electrons. The summed E-state index contributed by atoms with van der Waals surface area (Å²) >= 11 is 12.2. The third kappa shape index (κ3) is 5.25. The zero-order chi connectivity index (χ0) is 22.0. The number of carbonyl (C=O) groups is 2. The molecule has 0 amide bonds. The van der Waals surface area contributed by atoms with Crippen LogP contribution in [0.25, 0.3) is 0 Å². The summed E-state index contributed by atoms with van der Waals surface area (Å²) in [7, 11) is 0. The Balaban J connectivity index is 1.76. The van der Waals surface area contributed by atoms with Crippen LogP contribution in [0.2, 0.25) is 10.0 Å². The summed E-state index contributed by atoms with van der Waals surface area (Å²) in [6.07, 6.45) is 2.05. The molecule has 0 spiro atoms. The number of cyclic esters (lactones) is 1. The molecule has 0 aliphatic carbocycles. The molecule has 2 aliphatic heterocycles. The second-order valence-corrected chi connectivity index (χ2v) is 9.18. The molecule has 4 atom stereocenters. The molecule has 1 fully saturated rings. The number of carboxylic acids is 1. The number of ether oxygens (including phenoxy) is 1. The van der Waals surface area contributed by atoms with Crippen molar-refractivity contribution in [2.24, 2.45) is 10.9 Å². The normalized spacial score (nSPS) is 25.2. The highest BCUT2D eigenvalue weighted by Crippen LogP contribution is 2.30. The fraction of sp³-hybridized carbons (Fsp3) is 0.571. The van der Waals surface area contributed by atoms with Crippen LogP contribution in [-0.2, 0) is 20.9 Å². The zero-order valence-electron chi connectivity index (χ0n) is 17.3. The first kappa shape index (κ1) is 22.8. The molecule has 9 heteroatoms. The number of carboxylic acid groups (broad SMARTS) is 1. The molecular weight excluding hydrogens is 429 g/mol. The van der Waals surface area contributed by atoms with Gasteiger partial charge in [-0.1, -0.05) is 37.0 Å². The molecule has 1 aromatic carbocycles. The van der Waals surface area contributed by atoms with Crippen LogP contribution in [0, 0.1) is 5.92 Å². The third-order valence-electron chi connectivity index (χ3n) is 5.48. The molecule has 4 unspecified atom stereocenters. The van der Waals surface area contributed by atoms with Crippen LogP contribution >= 0.6 is 23.2 Å². The summed E-state index contributed by atoms with van der Waals surface area (Å²) in [5, 5.41) is 10.9. The van der Waals surface area contributed by atoms with Crippen molar-refractivity contribution in [1.82, 2.24) is 9.80 Å². The SMILES string of the molecule is CC(C)CC(C(=O)O)N1C(C)OC(=O)C1CC1CN=CN1Cc1cc(Cl)cc(Cl)c1. The average molecular weight is 456 g/mol. The number of benzene rings is 1. The molecule has 0 aromatic heterocycles. The van der Waals surface area contributed by atoms with Crippen LogP contribution in [0.4, 0.5) is 0 Å². The maximum atomic E-state index is 12.6. The van der Waals surface area contributed by atoms with Crippen molar-refractivity contribution in [1.29, 1.82) is 0 Å². The first-order chi connectivity index (χ1) is 14.2. The van der Waals surface area contributed by atoms with Gasteiger partial charge in [0, 0.05) is 16.6 Å². The molecule has 0 saturated carbocycles. The van der Waals surface area contributed by atoms with Gasteiger partial charge in [-0.25, -0.2) is 4.90 Å². The second kappa shape index (κ2) is 9.54. The quantitative estimate of drug-likeness (QED) is 0.602. The summed E-state index contributed by atoms with van der Waals surface area (Å²) < 4.78 is 5.42. The van der Waals surface area contributed by atoms with Gasteiger partial charge in [0.05, 0.1) is 18.9 Å². The molecule has 30 heavy (non-hydrogen) atoms. The largest absolute Gasteiger partial charge is 0.480 e. The lowest BCUT2D eigenvalue weighted by Crippen LogP contribution is -2.51. The van der Waals surface area contributed by atoms with Crippen LogP contribution in [-0.4, -0.2) is 64.1 Å². The van der Waals surface area contributed by atoms with Crippen LogP contribution in [0.5, 0.6) is 0 Å². The Labute approximate surface area is 186 Å². The minimum absolute atomic E-state index is 0.0541. The molecule has 3 rings (SSSR count). The van der Waals surface area contributed by atoms with Gasteiger partial charge in [0.15, 0.2) is 6.23 Å². The van der Waals surface area contributed by atoms with E-state index in [0.717, 1.165) is 5.56 Å². The molecule has 7 nitrogen and oxygen atoms in total. The first-order valence-electron chi connectivity index (χ1n) is 10.1. The fourth-order valence-electron chi connectivity index (χ4n) is 4.19. The van der Waals surface area contributed by atoms with Crippen LogP contribution < -0.4 is 0 Å². The van der Waals surface area contributed by atoms with Crippen molar-refractivity contribution in [3.8, 4) is 0 Å². The van der Waals surface area contributed by atoms with Crippen LogP contribution in [0.3, 0.4) is 0 Å². The Morgan fingerprint density at radius 3 is 2.57 bits per heavy atom. The van der Waals surface area contributed by atoms with E-state index in [1.807, 2.05) is 30.9 Å². The Hall–Kier alpha value is -1.83. The van der Waals surface area contributed by atoms with E-state index < -0.39 is 24.3 Å². The highest BCUT2D eigenvalue weighted by molar-refractivity contribution is 6.34. The van der Waals surface area contributed by atoms with Gasteiger partial charge in [-0.3, -0.25) is 14.6 Å². The van der Waals surface area contributed by atoms with Gasteiger partial charge in [-0.05, 0) is 49.4 Å². The molecule has 0 radical (unpaired) electrons. The van der Waals surface area contributed by atoms with Crippen molar-refractivity contribution >= 4 is 41.5 Å². The minimum Gasteiger partial charge on any atom is -0.480 e. The predicted molar refractivity (Wildman–Crippen MR) is 116 cm³/mol. The number of aliphatic carboxylic acids is 1. The van der Waals surface area contributed by atoms with Gasteiger partial charge >= 0.3 is 11.9 Å². The number of aliphatic imine (C=N–C) groups is 1. The lowest BCUT2D eigenvalue weighted by molar-refractivity contribution is -0.148. The maximum Gasteiger partial charge on any atom is 0.325 e. The molecule has 2 aliphatic rings. The van der Waals surface area contributed by atoms with Gasteiger partial charge in [0.25, 0.3) is 0 Å². The van der Waals surface area contributed by atoms with Gasteiger partial charge in [-0.2, -0.15) is 0 Å². The molecule has 1 aromatic rings. The van der Waals surface area contributed by atoms with E-state index in [-0.39, 0.29) is 17.9 Å². The molecule has 1 saturated heterocycles. The number of rotatable bonds is 8. The van der Waals surface area contributed by atoms with Crippen molar-refractivity contribution in [2.75, 3.05) is 6.54 Å². The van der Waals surface area contributed by atoms with E-state index in [4.69, 9.17) is 27.9 Å². The van der Waals surface area contributed by atoms with Crippen LogP contribution in [0.1, 0.15) is 39.2 Å². The fourth-order valence-corrected chi connectivity index (χ4v) is 4.76. The van der Waals surface area contributed by atoms with E-state index in [2.05, 4.69) is 4.99 Å². The topological polar surface area (TPSA) is 82.4 Å². The zero-order valence-corrected chi connectivity index (χ0v) is 18.8. The van der Waals surface area contributed by atoms with Crippen molar-refractivity contribution in [3.63, 3.8) is 0 Å². The van der Waals surface area contributed by atoms with Crippen LogP contribution in [0.15, 0.2) is 23.2 Å². The van der Waals surface area contributed by atoms with Gasteiger partial charge in [0.2, 0.25) is 0 Å². The van der Waals surface area contributed by atoms with Crippen molar-refractivity contribution < 1.29 is 19.4 Å². The average Bonchev–Trinajstić information content (AvgIpc) is 3.16. The number of carbonyl (C=O) groups excluding carboxylic acids is 1. The Morgan fingerprint density at radius 1 is 1.30 bits per heavy atom. The first-order valence-corrected chi connectivity index (χ1v) is 10.8. The summed E-state index contributed by atoms with van der Waals surface area (Å²) in [6.45, 7) is 6.74. The Morgan fingerprint density at radius 2 is 1.97 bits per heavy atom. The smallest absolute Gasteiger partial charge is 0.325 e. The summed E-state index contributed by atoms with van der Waals surface area (Å²) in [4.78, 5) is 32.7. The van der Waals surface area contributed by atoms with E-state index in [1.54, 1.807) is 24.2 Å². The van der Waals surface area contributed by atoms with Crippen molar-refractivity contribution in [2.45, 2.75) is 64.5 Å². The van der Waals surface area contributed by atoms with Gasteiger partial charge in [-0.15, -0.1) is 0 Å². The predicted octanol–water partition coefficient (Wildman–Crippen LogP) is 3.67. The maximum absolute atomic E-state index is 12.6. The monoisotopic (exact) mass is 455 g/mol. The van der Waals surface area contributed by atoms with E-state index in [9.17, 15) is 14.7 Å². The molecule has 2 heterocycles. The minimum atomic E-state index is -0.938. The van der Waals surface area contributed by atoms with E-state index in [1.165, 1.54) is 0 Å². The molecule has 0 bridgehead atoms. The van der Waals surface area contributed by atoms with E-state index in [0.29, 0.717) is 36.0 Å². The lowest BCUT2D eigenvalue weighted by Gasteiger charge is -2.33. The standard InChI is InChI=1S/C21H27Cl2N3O4/c1-12(2)4-18(20(27)28)26-13(3)30-21(29)19(26)8-17-9-24-11-25(17)10-14-5-15(22)7-16(23)6-14/h5-7,11-13,17-19H,4,8-10H2,1-3H3,(H,27,28). The summed E-state index contributed by atoms with van der Waals surface area (Å²) in [5.41, 5.74) is 0.938. The summed E-state index contributed by atoms with van der Waals surface area (Å²) in [5.74, 6) is -1.14. The number of esters is 1. The highest BCUT2D eigenvalue weighted by atomic mass is 35.5. The molecule has 1 N–H and O–H groups in total. The van der Waals surface area contributed by atoms with E-state index >= 15 is 0 Å². The number of hydrogen-bond acceptors (Lipinski definition) is 6. The molecular formula is C21H27Cl2N3O4. The number of nitrogens with zero attached hydrogens (tertiary/aromatic N) is 3.